The van der Waals surface area contributed by atoms with Gasteiger partial charge in [-0.1, -0.05) is 0 Å². The third-order valence-corrected chi connectivity index (χ3v) is 2.05. The molecule has 0 saturated heterocycles. The van der Waals surface area contributed by atoms with E-state index in [9.17, 15) is 0 Å². The van der Waals surface area contributed by atoms with E-state index < -0.39 is 0 Å². The number of hydrogen-bond donors (Lipinski definition) is 0. The third kappa shape index (κ3) is 3.67. The Bertz CT molecular complexity index is 162. The molecule has 0 heterocycles. The van der Waals surface area contributed by atoms with Gasteiger partial charge in [0.1, 0.15) is 0 Å². The molecule has 0 amide bonds. The van der Waals surface area contributed by atoms with Gasteiger partial charge in [-0.25, -0.2) is 0 Å². The summed E-state index contributed by atoms with van der Waals surface area (Å²) in [5.41, 5.74) is 1.48. The molecule has 0 N–H and O–H groups in total. The quantitative estimate of drug-likeness (QED) is 0.495. The zero-order valence-electron chi connectivity index (χ0n) is 5.89. The van der Waals surface area contributed by atoms with Crippen LogP contribution in [0.25, 0.3) is 0 Å². The van der Waals surface area contributed by atoms with Crippen LogP contribution in [0, 0.1) is 0 Å². The molecule has 0 aromatic heterocycles. The molecular weight excluding hydrogens is 288 g/mol. The van der Waals surface area contributed by atoms with Gasteiger partial charge in [0.25, 0.3) is 0 Å². The van der Waals surface area contributed by atoms with E-state index in [1.54, 1.807) is 0 Å². The van der Waals surface area contributed by atoms with E-state index in [-0.39, 0.29) is 24.0 Å². The standard InChI is InChI=1S/C8H9.HI.Zn/c1-2-8-6-4-3-5-7-8;;/h3-7H,1-2H2;1H;/q;;+1/p-1. The molecule has 0 radical (unpaired) electrons. The SMILES string of the molecule is [I-].[Zn+][CH2]Cc1ccccc1. The molecule has 0 aliphatic carbocycles. The van der Waals surface area contributed by atoms with Crippen molar-refractivity contribution in [3.8, 4) is 0 Å². The van der Waals surface area contributed by atoms with Crippen molar-refractivity contribution >= 4 is 0 Å². The van der Waals surface area contributed by atoms with Crippen molar-refractivity contribution in [1.29, 1.82) is 0 Å². The van der Waals surface area contributed by atoms with Gasteiger partial charge < -0.3 is 24.0 Å². The Morgan fingerprint density at radius 3 is 2.20 bits per heavy atom. The van der Waals surface area contributed by atoms with Gasteiger partial charge in [-0.05, 0) is 0 Å². The molecule has 50 valence electrons. The first kappa shape index (κ1) is 10.6. The zero-order valence-corrected chi connectivity index (χ0v) is 11.0. The first-order chi connectivity index (χ1) is 4.43. The van der Waals surface area contributed by atoms with Crippen molar-refractivity contribution in [2.24, 2.45) is 0 Å². The topological polar surface area (TPSA) is 0 Å². The van der Waals surface area contributed by atoms with E-state index >= 15 is 0 Å². The zero-order chi connectivity index (χ0) is 6.53. The van der Waals surface area contributed by atoms with Crippen LogP contribution in [0.3, 0.4) is 0 Å². The van der Waals surface area contributed by atoms with Crippen molar-refractivity contribution < 1.29 is 42.3 Å². The van der Waals surface area contributed by atoms with Crippen LogP contribution in [0.1, 0.15) is 5.56 Å². The third-order valence-electron chi connectivity index (χ3n) is 1.31. The Kier molecular flexibility index (Phi) is 6.66. The van der Waals surface area contributed by atoms with E-state index in [4.69, 9.17) is 0 Å². The summed E-state index contributed by atoms with van der Waals surface area (Å²) in [6, 6.07) is 10.6. The second kappa shape index (κ2) is 6.29. The van der Waals surface area contributed by atoms with E-state index in [1.165, 1.54) is 35.3 Å². The van der Waals surface area contributed by atoms with Crippen LogP contribution in [-0.2, 0) is 24.7 Å². The molecule has 2 heteroatoms. The van der Waals surface area contributed by atoms with Crippen molar-refractivity contribution in [2.75, 3.05) is 0 Å². The fourth-order valence-corrected chi connectivity index (χ4v) is 1.71. The second-order valence-corrected chi connectivity index (χ2v) is 3.57. The molecule has 0 spiro atoms. The van der Waals surface area contributed by atoms with Gasteiger partial charge in [-0.15, -0.1) is 0 Å². The van der Waals surface area contributed by atoms with Gasteiger partial charge in [0.05, 0.1) is 0 Å². The van der Waals surface area contributed by atoms with Crippen LogP contribution >= 0.6 is 0 Å². The van der Waals surface area contributed by atoms with Crippen LogP contribution in [0.2, 0.25) is 5.02 Å². The molecule has 0 bridgehead atoms. The Morgan fingerprint density at radius 2 is 1.70 bits per heavy atom. The predicted octanol–water partition coefficient (Wildman–Crippen LogP) is -0.802. The van der Waals surface area contributed by atoms with Gasteiger partial charge in [0.15, 0.2) is 0 Å². The Labute approximate surface area is 89.1 Å². The van der Waals surface area contributed by atoms with Gasteiger partial charge >= 0.3 is 65.6 Å². The van der Waals surface area contributed by atoms with Gasteiger partial charge in [-0.2, -0.15) is 0 Å². The summed E-state index contributed by atoms with van der Waals surface area (Å²) in [5, 5.41) is 1.37. The van der Waals surface area contributed by atoms with Crippen LogP contribution in [-0.4, -0.2) is 0 Å². The van der Waals surface area contributed by atoms with E-state index in [2.05, 4.69) is 30.3 Å². The summed E-state index contributed by atoms with van der Waals surface area (Å²) in [5.74, 6) is 0. The van der Waals surface area contributed by atoms with Crippen LogP contribution in [0.15, 0.2) is 30.3 Å². The van der Waals surface area contributed by atoms with Crippen LogP contribution < -0.4 is 24.0 Å². The number of hydrogen-bond acceptors (Lipinski definition) is 0. The molecule has 10 heavy (non-hydrogen) atoms. The summed E-state index contributed by atoms with van der Waals surface area (Å²) in [7, 11) is 0. The summed E-state index contributed by atoms with van der Waals surface area (Å²) < 4.78 is 0. The molecule has 0 unspecified atom stereocenters. The first-order valence-corrected chi connectivity index (χ1v) is 5.36. The number of rotatable bonds is 2. The minimum atomic E-state index is 0. The van der Waals surface area contributed by atoms with Crippen LogP contribution in [0.4, 0.5) is 0 Å². The molecule has 0 aliphatic heterocycles. The molecule has 0 saturated carbocycles. The maximum atomic E-state index is 2.19. The predicted molar refractivity (Wildman–Crippen MR) is 35.0 cm³/mol. The molecule has 1 aromatic carbocycles. The minimum absolute atomic E-state index is 0. The summed E-state index contributed by atoms with van der Waals surface area (Å²) in [6.45, 7) is 0. The summed E-state index contributed by atoms with van der Waals surface area (Å²) in [6.07, 6.45) is 1.26. The average molecular weight is 297 g/mol. The van der Waals surface area contributed by atoms with E-state index in [1.807, 2.05) is 0 Å². The van der Waals surface area contributed by atoms with E-state index in [0.717, 1.165) is 0 Å². The molecular formula is C8H9IZn. The Balaban J connectivity index is 0.000000810. The van der Waals surface area contributed by atoms with E-state index in [0.29, 0.717) is 0 Å². The fraction of sp³-hybridized carbons (Fsp3) is 0.250. The average Bonchev–Trinajstić information content (AvgIpc) is 1.91. The Morgan fingerprint density at radius 1 is 1.10 bits per heavy atom. The second-order valence-electron chi connectivity index (χ2n) is 2.09. The number of halogens is 1. The number of benzene rings is 1. The summed E-state index contributed by atoms with van der Waals surface area (Å²) >= 11 is 1.41. The normalized spacial score (nSPS) is 8.60. The van der Waals surface area contributed by atoms with Crippen molar-refractivity contribution in [3.05, 3.63) is 35.9 Å². The molecule has 0 atom stereocenters. The van der Waals surface area contributed by atoms with Crippen LogP contribution in [0.5, 0.6) is 0 Å². The first-order valence-electron chi connectivity index (χ1n) is 3.26. The molecule has 0 aliphatic rings. The molecule has 1 aromatic rings. The van der Waals surface area contributed by atoms with Crippen molar-refractivity contribution in [2.45, 2.75) is 11.4 Å². The molecule has 0 fully saturated rings. The number of aryl methyl sites for hydroxylation is 1. The molecule has 0 nitrogen and oxygen atoms in total. The Hall–Kier alpha value is 0.573. The maximum absolute atomic E-state index is 2.19. The monoisotopic (exact) mass is 296 g/mol. The summed E-state index contributed by atoms with van der Waals surface area (Å²) in [4.78, 5) is 0. The van der Waals surface area contributed by atoms with Crippen molar-refractivity contribution in [3.63, 3.8) is 0 Å². The van der Waals surface area contributed by atoms with Gasteiger partial charge in [0, 0.05) is 0 Å². The van der Waals surface area contributed by atoms with Crippen molar-refractivity contribution in [1.82, 2.24) is 0 Å². The fourth-order valence-electron chi connectivity index (χ4n) is 0.849. The van der Waals surface area contributed by atoms with Gasteiger partial charge in [0.2, 0.25) is 0 Å². The molecule has 1 rings (SSSR count). The van der Waals surface area contributed by atoms with Gasteiger partial charge in [-0.3, -0.25) is 0 Å².